The van der Waals surface area contributed by atoms with Gasteiger partial charge in [0.05, 0.1) is 0 Å². The highest BCUT2D eigenvalue weighted by molar-refractivity contribution is 5.03. The van der Waals surface area contributed by atoms with Crippen molar-refractivity contribution in [2.24, 2.45) is 0 Å². The van der Waals surface area contributed by atoms with Gasteiger partial charge in [0.25, 0.3) is 0 Å². The molecule has 0 spiro atoms. The third-order valence-corrected chi connectivity index (χ3v) is 3.17. The van der Waals surface area contributed by atoms with Crippen molar-refractivity contribution < 1.29 is 5.11 Å². The summed E-state index contributed by atoms with van der Waals surface area (Å²) in [4.78, 5) is 0. The van der Waals surface area contributed by atoms with E-state index in [1.165, 1.54) is 12.8 Å². The van der Waals surface area contributed by atoms with E-state index in [2.05, 4.69) is 20.1 Å². The SMILES string of the molecule is Cc1nnc(C2CCCNC2)n1CCCO. The molecule has 5 nitrogen and oxygen atoms in total. The molecule has 1 aliphatic heterocycles. The van der Waals surface area contributed by atoms with Crippen LogP contribution < -0.4 is 5.32 Å². The summed E-state index contributed by atoms with van der Waals surface area (Å²) in [6.07, 6.45) is 3.16. The number of nitrogens with one attached hydrogen (secondary N) is 1. The number of hydrogen-bond donors (Lipinski definition) is 2. The van der Waals surface area contributed by atoms with E-state index in [1.807, 2.05) is 6.92 Å². The molecule has 1 aliphatic rings. The smallest absolute Gasteiger partial charge is 0.137 e. The van der Waals surface area contributed by atoms with E-state index in [4.69, 9.17) is 5.11 Å². The summed E-state index contributed by atoms with van der Waals surface area (Å²) in [6.45, 7) is 5.13. The van der Waals surface area contributed by atoms with Crippen molar-refractivity contribution in [1.29, 1.82) is 0 Å². The van der Waals surface area contributed by atoms with Crippen LogP contribution in [-0.4, -0.2) is 39.6 Å². The molecule has 1 aromatic rings. The van der Waals surface area contributed by atoms with Gasteiger partial charge in [-0.25, -0.2) is 0 Å². The van der Waals surface area contributed by atoms with Crippen LogP contribution in [-0.2, 0) is 6.54 Å². The molecule has 1 aromatic heterocycles. The maximum Gasteiger partial charge on any atom is 0.137 e. The number of rotatable bonds is 4. The van der Waals surface area contributed by atoms with Crippen molar-refractivity contribution >= 4 is 0 Å². The summed E-state index contributed by atoms with van der Waals surface area (Å²) >= 11 is 0. The van der Waals surface area contributed by atoms with Crippen LogP contribution in [0.5, 0.6) is 0 Å². The maximum absolute atomic E-state index is 8.89. The Morgan fingerprint density at radius 3 is 3.06 bits per heavy atom. The lowest BCUT2D eigenvalue weighted by molar-refractivity contribution is 0.277. The zero-order valence-electron chi connectivity index (χ0n) is 9.82. The molecule has 0 aliphatic carbocycles. The van der Waals surface area contributed by atoms with Crippen molar-refractivity contribution in [3.05, 3.63) is 11.6 Å². The first-order valence-electron chi connectivity index (χ1n) is 6.04. The Morgan fingerprint density at radius 1 is 1.50 bits per heavy atom. The minimum absolute atomic E-state index is 0.222. The van der Waals surface area contributed by atoms with Crippen molar-refractivity contribution in [2.45, 2.75) is 38.6 Å². The van der Waals surface area contributed by atoms with E-state index in [-0.39, 0.29) is 6.61 Å². The van der Waals surface area contributed by atoms with E-state index in [1.54, 1.807) is 0 Å². The highest BCUT2D eigenvalue weighted by atomic mass is 16.3. The summed E-state index contributed by atoms with van der Waals surface area (Å²) in [5, 5.41) is 20.7. The van der Waals surface area contributed by atoms with Gasteiger partial charge >= 0.3 is 0 Å². The average Bonchev–Trinajstić information content (AvgIpc) is 2.69. The second-order valence-electron chi connectivity index (χ2n) is 4.38. The molecule has 1 fully saturated rings. The molecule has 0 amide bonds. The molecule has 90 valence electrons. The minimum Gasteiger partial charge on any atom is -0.396 e. The highest BCUT2D eigenvalue weighted by Gasteiger charge is 2.21. The van der Waals surface area contributed by atoms with Gasteiger partial charge in [0.2, 0.25) is 0 Å². The number of aryl methyl sites for hydroxylation is 1. The third-order valence-electron chi connectivity index (χ3n) is 3.17. The first kappa shape index (κ1) is 11.5. The Balaban J connectivity index is 2.12. The van der Waals surface area contributed by atoms with Crippen molar-refractivity contribution in [3.63, 3.8) is 0 Å². The minimum atomic E-state index is 0.222. The van der Waals surface area contributed by atoms with E-state index < -0.39 is 0 Å². The normalized spacial score (nSPS) is 21.2. The maximum atomic E-state index is 8.89. The fraction of sp³-hybridized carbons (Fsp3) is 0.818. The van der Waals surface area contributed by atoms with Gasteiger partial charge in [-0.1, -0.05) is 0 Å². The van der Waals surface area contributed by atoms with Crippen molar-refractivity contribution in [2.75, 3.05) is 19.7 Å². The Bertz CT molecular complexity index is 331. The topological polar surface area (TPSA) is 63.0 Å². The number of aromatic nitrogens is 3. The van der Waals surface area contributed by atoms with Gasteiger partial charge in [0.1, 0.15) is 11.6 Å². The summed E-state index contributed by atoms with van der Waals surface area (Å²) in [7, 11) is 0. The van der Waals surface area contributed by atoms with E-state index in [0.29, 0.717) is 5.92 Å². The molecule has 2 N–H and O–H groups in total. The summed E-state index contributed by atoms with van der Waals surface area (Å²) in [5.74, 6) is 2.51. The molecule has 0 bridgehead atoms. The molecule has 2 rings (SSSR count). The number of aliphatic hydroxyl groups is 1. The zero-order chi connectivity index (χ0) is 11.4. The Morgan fingerprint density at radius 2 is 2.38 bits per heavy atom. The van der Waals surface area contributed by atoms with Gasteiger partial charge in [0.15, 0.2) is 0 Å². The number of aliphatic hydroxyl groups excluding tert-OH is 1. The van der Waals surface area contributed by atoms with Crippen LogP contribution in [0, 0.1) is 6.92 Å². The van der Waals surface area contributed by atoms with Gasteiger partial charge in [-0.05, 0) is 32.7 Å². The predicted octanol–water partition coefficient (Wildman–Crippen LogP) is 0.436. The van der Waals surface area contributed by atoms with Gasteiger partial charge in [-0.15, -0.1) is 10.2 Å². The van der Waals surface area contributed by atoms with Gasteiger partial charge in [-0.3, -0.25) is 0 Å². The lowest BCUT2D eigenvalue weighted by Crippen LogP contribution is -2.30. The second-order valence-corrected chi connectivity index (χ2v) is 4.38. The van der Waals surface area contributed by atoms with Crippen LogP contribution in [0.4, 0.5) is 0 Å². The Labute approximate surface area is 95.9 Å². The summed E-state index contributed by atoms with van der Waals surface area (Å²) in [6, 6.07) is 0. The Hall–Kier alpha value is -0.940. The Kier molecular flexibility index (Phi) is 3.90. The largest absolute Gasteiger partial charge is 0.396 e. The molecule has 2 heterocycles. The molecule has 1 unspecified atom stereocenters. The lowest BCUT2D eigenvalue weighted by atomic mass is 9.99. The molecular weight excluding hydrogens is 204 g/mol. The van der Waals surface area contributed by atoms with Crippen LogP contribution >= 0.6 is 0 Å². The third kappa shape index (κ3) is 2.41. The molecule has 0 radical (unpaired) electrons. The molecule has 1 saturated heterocycles. The van der Waals surface area contributed by atoms with Crippen LogP contribution in [0.25, 0.3) is 0 Å². The standard InChI is InChI=1S/C11H20N4O/c1-9-13-14-11(15(9)6-3-7-16)10-4-2-5-12-8-10/h10,12,16H,2-8H2,1H3. The number of hydrogen-bond acceptors (Lipinski definition) is 4. The van der Waals surface area contributed by atoms with Crippen LogP contribution in [0.15, 0.2) is 0 Å². The summed E-state index contributed by atoms with van der Waals surface area (Å²) in [5.41, 5.74) is 0. The van der Waals surface area contributed by atoms with Crippen molar-refractivity contribution in [1.82, 2.24) is 20.1 Å². The van der Waals surface area contributed by atoms with E-state index in [9.17, 15) is 0 Å². The number of piperidine rings is 1. The lowest BCUT2D eigenvalue weighted by Gasteiger charge is -2.22. The van der Waals surface area contributed by atoms with Crippen LogP contribution in [0.3, 0.4) is 0 Å². The average molecular weight is 224 g/mol. The van der Waals surface area contributed by atoms with E-state index in [0.717, 1.165) is 37.7 Å². The number of nitrogens with zero attached hydrogens (tertiary/aromatic N) is 3. The van der Waals surface area contributed by atoms with Crippen LogP contribution in [0.2, 0.25) is 0 Å². The molecular formula is C11H20N4O. The summed E-state index contributed by atoms with van der Waals surface area (Å²) < 4.78 is 2.15. The van der Waals surface area contributed by atoms with E-state index >= 15 is 0 Å². The van der Waals surface area contributed by atoms with Gasteiger partial charge in [-0.2, -0.15) is 0 Å². The van der Waals surface area contributed by atoms with Gasteiger partial charge in [0, 0.05) is 25.6 Å². The van der Waals surface area contributed by atoms with Crippen LogP contribution in [0.1, 0.15) is 36.8 Å². The quantitative estimate of drug-likeness (QED) is 0.779. The molecule has 0 saturated carbocycles. The first-order valence-corrected chi connectivity index (χ1v) is 6.04. The molecule has 0 aromatic carbocycles. The molecule has 5 heteroatoms. The fourth-order valence-corrected chi connectivity index (χ4v) is 2.28. The van der Waals surface area contributed by atoms with Gasteiger partial charge < -0.3 is 15.0 Å². The zero-order valence-corrected chi connectivity index (χ0v) is 9.82. The first-order chi connectivity index (χ1) is 7.83. The fourth-order valence-electron chi connectivity index (χ4n) is 2.28. The second kappa shape index (κ2) is 5.41. The molecule has 1 atom stereocenters. The van der Waals surface area contributed by atoms with Crippen molar-refractivity contribution in [3.8, 4) is 0 Å². The monoisotopic (exact) mass is 224 g/mol. The molecule has 16 heavy (non-hydrogen) atoms. The predicted molar refractivity (Wildman–Crippen MR) is 61.3 cm³/mol. The highest BCUT2D eigenvalue weighted by Crippen LogP contribution is 2.22.